The number of ether oxygens (including phenoxy) is 1. The van der Waals surface area contributed by atoms with E-state index in [1.165, 1.54) is 12.1 Å². The van der Waals surface area contributed by atoms with Gasteiger partial charge in [-0.25, -0.2) is 9.67 Å². The summed E-state index contributed by atoms with van der Waals surface area (Å²) in [6, 6.07) is 15.2. The number of nitro benzene ring substituents is 1. The number of hydrogen-bond donors (Lipinski definition) is 0. The third-order valence-electron chi connectivity index (χ3n) is 3.87. The van der Waals surface area contributed by atoms with Crippen molar-refractivity contribution in [3.63, 3.8) is 0 Å². The Balaban J connectivity index is 1.66. The highest BCUT2D eigenvalue weighted by Gasteiger charge is 2.12. The lowest BCUT2D eigenvalue weighted by Crippen LogP contribution is -1.98. The molecule has 0 aliphatic heterocycles. The van der Waals surface area contributed by atoms with Crippen LogP contribution in [0.4, 0.5) is 5.69 Å². The fraction of sp³-hybridized carbons (Fsp3) is 0.0526. The number of non-ortho nitro benzene ring substituents is 1. The van der Waals surface area contributed by atoms with E-state index in [2.05, 4.69) is 20.3 Å². The quantitative estimate of drug-likeness (QED) is 0.387. The summed E-state index contributed by atoms with van der Waals surface area (Å²) < 4.78 is 7.51. The number of aromatic nitrogens is 5. The van der Waals surface area contributed by atoms with Crippen molar-refractivity contribution in [1.82, 2.24) is 25.0 Å². The SMILES string of the molecule is Cc1cc(Oc2cccc(-n3ccnn3)c2)nc(-c2cccc([N+](=O)[O-])c2)n1. The number of benzene rings is 2. The molecular weight excluding hydrogens is 360 g/mol. The molecule has 0 aliphatic carbocycles. The largest absolute Gasteiger partial charge is 0.439 e. The van der Waals surface area contributed by atoms with E-state index in [0.717, 1.165) is 5.69 Å². The Morgan fingerprint density at radius 1 is 1.07 bits per heavy atom. The van der Waals surface area contributed by atoms with E-state index in [9.17, 15) is 10.1 Å². The smallest absolute Gasteiger partial charge is 0.270 e. The van der Waals surface area contributed by atoms with Crippen LogP contribution in [0.3, 0.4) is 0 Å². The molecule has 0 atom stereocenters. The molecule has 0 N–H and O–H groups in total. The molecule has 2 aromatic carbocycles. The summed E-state index contributed by atoms with van der Waals surface area (Å²) >= 11 is 0. The minimum Gasteiger partial charge on any atom is -0.439 e. The molecule has 0 amide bonds. The van der Waals surface area contributed by atoms with Gasteiger partial charge in [0, 0.05) is 35.5 Å². The Bertz CT molecular complexity index is 1140. The monoisotopic (exact) mass is 374 g/mol. The van der Waals surface area contributed by atoms with E-state index in [1.807, 2.05) is 12.1 Å². The molecule has 0 saturated carbocycles. The topological polar surface area (TPSA) is 109 Å². The molecule has 0 unspecified atom stereocenters. The molecule has 4 aromatic rings. The van der Waals surface area contributed by atoms with Crippen LogP contribution in [-0.4, -0.2) is 29.9 Å². The zero-order valence-electron chi connectivity index (χ0n) is 14.8. The molecule has 0 aliphatic rings. The molecule has 2 aromatic heterocycles. The van der Waals surface area contributed by atoms with Crippen molar-refractivity contribution < 1.29 is 9.66 Å². The van der Waals surface area contributed by atoms with Crippen LogP contribution in [0, 0.1) is 17.0 Å². The van der Waals surface area contributed by atoms with Gasteiger partial charge in [0.1, 0.15) is 5.75 Å². The molecule has 0 saturated heterocycles. The lowest BCUT2D eigenvalue weighted by Gasteiger charge is -2.09. The van der Waals surface area contributed by atoms with Crippen LogP contribution in [0.5, 0.6) is 11.6 Å². The van der Waals surface area contributed by atoms with Crippen LogP contribution in [0.15, 0.2) is 67.0 Å². The first-order chi connectivity index (χ1) is 13.6. The molecule has 4 rings (SSSR count). The number of nitrogens with zero attached hydrogens (tertiary/aromatic N) is 6. The van der Waals surface area contributed by atoms with Crippen LogP contribution in [0.1, 0.15) is 5.69 Å². The van der Waals surface area contributed by atoms with Gasteiger partial charge >= 0.3 is 0 Å². The maximum Gasteiger partial charge on any atom is 0.270 e. The predicted octanol–water partition coefficient (Wildman–Crippen LogP) is 3.73. The minimum absolute atomic E-state index is 0.0226. The van der Waals surface area contributed by atoms with Gasteiger partial charge in [-0.1, -0.05) is 23.4 Å². The van der Waals surface area contributed by atoms with E-state index >= 15 is 0 Å². The lowest BCUT2D eigenvalue weighted by molar-refractivity contribution is -0.384. The third kappa shape index (κ3) is 3.68. The van der Waals surface area contributed by atoms with Crippen molar-refractivity contribution in [2.24, 2.45) is 0 Å². The maximum atomic E-state index is 11.0. The van der Waals surface area contributed by atoms with Gasteiger partial charge in [-0.3, -0.25) is 10.1 Å². The first-order valence-corrected chi connectivity index (χ1v) is 8.33. The molecule has 0 spiro atoms. The second-order valence-electron chi connectivity index (χ2n) is 5.93. The van der Waals surface area contributed by atoms with Crippen molar-refractivity contribution in [2.75, 3.05) is 0 Å². The van der Waals surface area contributed by atoms with Gasteiger partial charge in [0.05, 0.1) is 23.0 Å². The summed E-state index contributed by atoms with van der Waals surface area (Å²) in [5, 5.41) is 18.8. The van der Waals surface area contributed by atoms with Gasteiger partial charge in [0.15, 0.2) is 5.82 Å². The standard InChI is InChI=1S/C19H14N6O3/c1-13-10-18(22-19(21-13)14-4-2-6-16(11-14)25(26)27)28-17-7-3-5-15(12-17)24-9-8-20-23-24/h2-12H,1H3. The Kier molecular flexibility index (Phi) is 4.47. The zero-order chi connectivity index (χ0) is 19.5. The maximum absolute atomic E-state index is 11.0. The molecule has 9 heteroatoms. The van der Waals surface area contributed by atoms with Gasteiger partial charge in [0.25, 0.3) is 5.69 Å². The molecule has 0 radical (unpaired) electrons. The Morgan fingerprint density at radius 2 is 1.93 bits per heavy atom. The van der Waals surface area contributed by atoms with E-state index in [4.69, 9.17) is 4.74 Å². The van der Waals surface area contributed by atoms with E-state index in [-0.39, 0.29) is 5.69 Å². The number of nitro groups is 1. The molecular formula is C19H14N6O3. The highest BCUT2D eigenvalue weighted by atomic mass is 16.6. The highest BCUT2D eigenvalue weighted by molar-refractivity contribution is 5.59. The molecule has 0 fully saturated rings. The first kappa shape index (κ1) is 17.3. The van der Waals surface area contributed by atoms with E-state index < -0.39 is 4.92 Å². The molecule has 28 heavy (non-hydrogen) atoms. The summed E-state index contributed by atoms with van der Waals surface area (Å²) in [7, 11) is 0. The summed E-state index contributed by atoms with van der Waals surface area (Å²) in [6.45, 7) is 1.81. The number of aryl methyl sites for hydroxylation is 1. The predicted molar refractivity (Wildman–Crippen MR) is 100 cm³/mol. The van der Waals surface area contributed by atoms with Crippen LogP contribution >= 0.6 is 0 Å². The van der Waals surface area contributed by atoms with E-state index in [1.54, 1.807) is 54.3 Å². The van der Waals surface area contributed by atoms with Crippen LogP contribution in [0.25, 0.3) is 17.1 Å². The second-order valence-corrected chi connectivity index (χ2v) is 5.93. The summed E-state index contributed by atoms with van der Waals surface area (Å²) in [5.41, 5.74) is 1.99. The Hall–Kier alpha value is -4.14. The third-order valence-corrected chi connectivity index (χ3v) is 3.87. The number of rotatable bonds is 5. The van der Waals surface area contributed by atoms with Crippen molar-refractivity contribution in [1.29, 1.82) is 0 Å². The average molecular weight is 374 g/mol. The van der Waals surface area contributed by atoms with Crippen LogP contribution < -0.4 is 4.74 Å². The Morgan fingerprint density at radius 3 is 2.71 bits per heavy atom. The van der Waals surface area contributed by atoms with Crippen LogP contribution in [0.2, 0.25) is 0 Å². The van der Waals surface area contributed by atoms with Gasteiger partial charge in [-0.2, -0.15) is 4.98 Å². The minimum atomic E-state index is -0.452. The fourth-order valence-electron chi connectivity index (χ4n) is 2.64. The van der Waals surface area contributed by atoms with Gasteiger partial charge in [-0.05, 0) is 19.1 Å². The van der Waals surface area contributed by atoms with Crippen molar-refractivity contribution in [3.8, 4) is 28.7 Å². The lowest BCUT2D eigenvalue weighted by atomic mass is 10.2. The van der Waals surface area contributed by atoms with Crippen molar-refractivity contribution in [2.45, 2.75) is 6.92 Å². The van der Waals surface area contributed by atoms with Gasteiger partial charge in [-0.15, -0.1) is 5.10 Å². The number of hydrogen-bond acceptors (Lipinski definition) is 7. The van der Waals surface area contributed by atoms with E-state index in [0.29, 0.717) is 28.7 Å². The highest BCUT2D eigenvalue weighted by Crippen LogP contribution is 2.26. The van der Waals surface area contributed by atoms with Gasteiger partial charge in [0.2, 0.25) is 5.88 Å². The average Bonchev–Trinajstić information content (AvgIpc) is 3.23. The first-order valence-electron chi connectivity index (χ1n) is 8.33. The summed E-state index contributed by atoms with van der Waals surface area (Å²) in [5.74, 6) is 1.26. The second kappa shape index (κ2) is 7.23. The Labute approximate surface area is 159 Å². The van der Waals surface area contributed by atoms with Crippen LogP contribution in [-0.2, 0) is 0 Å². The normalized spacial score (nSPS) is 10.6. The molecule has 0 bridgehead atoms. The molecule has 2 heterocycles. The van der Waals surface area contributed by atoms with Crippen molar-refractivity contribution >= 4 is 5.69 Å². The summed E-state index contributed by atoms with van der Waals surface area (Å²) in [4.78, 5) is 19.3. The molecule has 138 valence electrons. The fourth-order valence-corrected chi connectivity index (χ4v) is 2.64. The van der Waals surface area contributed by atoms with Crippen molar-refractivity contribution in [3.05, 3.63) is 82.8 Å². The molecule has 9 nitrogen and oxygen atoms in total. The zero-order valence-corrected chi connectivity index (χ0v) is 14.8. The summed E-state index contributed by atoms with van der Waals surface area (Å²) in [6.07, 6.45) is 3.32. The van der Waals surface area contributed by atoms with Gasteiger partial charge < -0.3 is 4.74 Å².